The van der Waals surface area contributed by atoms with Crippen LogP contribution in [-0.4, -0.2) is 20.9 Å². The van der Waals surface area contributed by atoms with E-state index >= 15 is 0 Å². The van der Waals surface area contributed by atoms with Gasteiger partial charge in [-0.05, 0) is 37.0 Å². The molecular formula is C19H14N4O3S. The number of nitrogens with zero attached hydrogens (tertiary/aromatic N) is 3. The average molecular weight is 378 g/mol. The van der Waals surface area contributed by atoms with Crippen LogP contribution >= 0.6 is 11.3 Å². The summed E-state index contributed by atoms with van der Waals surface area (Å²) >= 11 is 1.43. The van der Waals surface area contributed by atoms with Crippen LogP contribution in [0.1, 0.15) is 28.0 Å². The second-order valence-corrected chi connectivity index (χ2v) is 7.16. The summed E-state index contributed by atoms with van der Waals surface area (Å²) in [6.07, 6.45) is 4.01. The molecule has 2 N–H and O–H groups in total. The van der Waals surface area contributed by atoms with E-state index in [4.69, 9.17) is 0 Å². The van der Waals surface area contributed by atoms with Crippen molar-refractivity contribution < 1.29 is 5.11 Å². The molecule has 4 rings (SSSR count). The summed E-state index contributed by atoms with van der Waals surface area (Å²) in [7, 11) is 0. The Balaban J connectivity index is 1.82. The van der Waals surface area contributed by atoms with Crippen LogP contribution in [0.3, 0.4) is 0 Å². The Labute approximate surface area is 157 Å². The standard InChI is InChI=1S/C19H14N4O3S/c20-9-13-12-7-4-8-15(12)27-17(13)21-10-14-16(24)22-19(26)23(18(14)25)11-5-2-1-3-6-11/h1-3,5-6,10,25H,4,7-8H2,(H,22,24,26). The molecule has 1 aromatic carbocycles. The van der Waals surface area contributed by atoms with Gasteiger partial charge in [0.15, 0.2) is 0 Å². The third-order valence-corrected chi connectivity index (χ3v) is 5.66. The molecule has 2 aromatic heterocycles. The highest BCUT2D eigenvalue weighted by Gasteiger charge is 2.22. The Morgan fingerprint density at radius 3 is 2.78 bits per heavy atom. The van der Waals surface area contributed by atoms with Crippen LogP contribution < -0.4 is 11.2 Å². The number of aryl methyl sites for hydroxylation is 1. The number of aromatic hydroxyl groups is 1. The van der Waals surface area contributed by atoms with Gasteiger partial charge in [-0.3, -0.25) is 9.78 Å². The van der Waals surface area contributed by atoms with E-state index in [0.29, 0.717) is 16.3 Å². The normalized spacial score (nSPS) is 13.0. The molecule has 3 aromatic rings. The fraction of sp³-hybridized carbons (Fsp3) is 0.158. The van der Waals surface area contributed by atoms with E-state index in [1.54, 1.807) is 30.3 Å². The van der Waals surface area contributed by atoms with Crippen molar-refractivity contribution in [1.82, 2.24) is 9.55 Å². The van der Waals surface area contributed by atoms with Crippen molar-refractivity contribution in [3.63, 3.8) is 0 Å². The van der Waals surface area contributed by atoms with Crippen LogP contribution in [0.15, 0.2) is 44.9 Å². The number of nitriles is 1. The number of thiophene rings is 1. The molecule has 0 bridgehead atoms. The molecule has 0 spiro atoms. The number of aliphatic imine (C=N–C) groups is 1. The van der Waals surface area contributed by atoms with Crippen molar-refractivity contribution in [1.29, 1.82) is 5.26 Å². The topological polar surface area (TPSA) is 111 Å². The third-order valence-electron chi connectivity index (χ3n) is 4.46. The molecule has 2 heterocycles. The van der Waals surface area contributed by atoms with Crippen molar-refractivity contribution in [2.24, 2.45) is 4.99 Å². The van der Waals surface area contributed by atoms with Crippen molar-refractivity contribution in [3.05, 3.63) is 72.7 Å². The molecule has 0 atom stereocenters. The van der Waals surface area contributed by atoms with E-state index in [2.05, 4.69) is 16.0 Å². The zero-order valence-electron chi connectivity index (χ0n) is 14.1. The smallest absolute Gasteiger partial charge is 0.335 e. The third kappa shape index (κ3) is 2.88. The van der Waals surface area contributed by atoms with E-state index in [1.807, 2.05) is 0 Å². The van der Waals surface area contributed by atoms with Crippen molar-refractivity contribution >= 4 is 22.6 Å². The van der Waals surface area contributed by atoms with Gasteiger partial charge in [-0.15, -0.1) is 11.3 Å². The molecule has 0 saturated carbocycles. The van der Waals surface area contributed by atoms with E-state index in [1.165, 1.54) is 17.6 Å². The lowest BCUT2D eigenvalue weighted by Crippen LogP contribution is -2.31. The molecule has 0 fully saturated rings. The molecule has 134 valence electrons. The Hall–Kier alpha value is -3.44. The first-order valence-corrected chi connectivity index (χ1v) is 9.14. The lowest BCUT2D eigenvalue weighted by molar-refractivity contribution is 0.430. The molecule has 0 unspecified atom stereocenters. The van der Waals surface area contributed by atoms with Gasteiger partial charge in [-0.25, -0.2) is 14.4 Å². The second-order valence-electron chi connectivity index (χ2n) is 6.08. The van der Waals surface area contributed by atoms with Gasteiger partial charge in [-0.1, -0.05) is 18.2 Å². The largest absolute Gasteiger partial charge is 0.493 e. The highest BCUT2D eigenvalue weighted by molar-refractivity contribution is 7.16. The highest BCUT2D eigenvalue weighted by atomic mass is 32.1. The number of aromatic nitrogens is 2. The first-order valence-electron chi connectivity index (χ1n) is 8.32. The Morgan fingerprint density at radius 1 is 1.26 bits per heavy atom. The zero-order valence-corrected chi connectivity index (χ0v) is 14.9. The number of H-pyrrole nitrogens is 1. The summed E-state index contributed by atoms with van der Waals surface area (Å²) in [5, 5.41) is 20.5. The minimum atomic E-state index is -0.742. The van der Waals surface area contributed by atoms with Gasteiger partial charge in [0.2, 0.25) is 5.88 Å². The monoisotopic (exact) mass is 378 g/mol. The molecule has 1 aliphatic rings. The Bertz CT molecular complexity index is 1210. The quantitative estimate of drug-likeness (QED) is 0.682. The summed E-state index contributed by atoms with van der Waals surface area (Å²) < 4.78 is 1.00. The molecule has 1 aliphatic carbocycles. The van der Waals surface area contributed by atoms with Gasteiger partial charge in [0, 0.05) is 11.1 Å². The van der Waals surface area contributed by atoms with Gasteiger partial charge in [0.25, 0.3) is 5.56 Å². The number of nitrogens with one attached hydrogen (secondary N) is 1. The predicted molar refractivity (Wildman–Crippen MR) is 103 cm³/mol. The van der Waals surface area contributed by atoms with Gasteiger partial charge >= 0.3 is 5.69 Å². The fourth-order valence-electron chi connectivity index (χ4n) is 3.19. The van der Waals surface area contributed by atoms with Crippen LogP contribution in [0.5, 0.6) is 5.88 Å². The summed E-state index contributed by atoms with van der Waals surface area (Å²) in [6, 6.07) is 10.7. The molecular weight excluding hydrogens is 364 g/mol. The minimum absolute atomic E-state index is 0.143. The summed E-state index contributed by atoms with van der Waals surface area (Å²) in [6.45, 7) is 0. The number of hydrogen-bond acceptors (Lipinski definition) is 6. The average Bonchev–Trinajstić information content (AvgIpc) is 3.22. The SMILES string of the molecule is N#Cc1c(N=Cc2c(O)n(-c3ccccc3)c(=O)[nH]c2=O)sc2c1CCC2. The minimum Gasteiger partial charge on any atom is -0.493 e. The number of fused-ring (bicyclic) bond motifs is 1. The maximum atomic E-state index is 12.2. The van der Waals surface area contributed by atoms with E-state index in [0.717, 1.165) is 34.3 Å². The Morgan fingerprint density at radius 2 is 2.04 bits per heavy atom. The number of aromatic amines is 1. The lowest BCUT2D eigenvalue weighted by Gasteiger charge is -2.09. The number of para-hydroxylation sites is 1. The maximum absolute atomic E-state index is 12.2. The lowest BCUT2D eigenvalue weighted by atomic mass is 10.1. The molecule has 0 amide bonds. The maximum Gasteiger partial charge on any atom is 0.335 e. The van der Waals surface area contributed by atoms with Crippen LogP contribution in [0.25, 0.3) is 5.69 Å². The van der Waals surface area contributed by atoms with Crippen molar-refractivity contribution in [2.45, 2.75) is 19.3 Å². The number of hydrogen-bond donors (Lipinski definition) is 2. The van der Waals surface area contributed by atoms with Crippen LogP contribution in [0.2, 0.25) is 0 Å². The van der Waals surface area contributed by atoms with Crippen molar-refractivity contribution in [2.75, 3.05) is 0 Å². The van der Waals surface area contributed by atoms with Crippen LogP contribution in [-0.2, 0) is 12.8 Å². The number of rotatable bonds is 3. The van der Waals surface area contributed by atoms with Gasteiger partial charge < -0.3 is 5.11 Å². The molecule has 0 radical (unpaired) electrons. The predicted octanol–water partition coefficient (Wildman–Crippen LogP) is 2.40. The number of benzene rings is 1. The van der Waals surface area contributed by atoms with E-state index in [9.17, 15) is 20.0 Å². The van der Waals surface area contributed by atoms with Crippen LogP contribution in [0.4, 0.5) is 5.00 Å². The summed E-state index contributed by atoms with van der Waals surface area (Å²) in [5.74, 6) is -0.499. The van der Waals surface area contributed by atoms with E-state index < -0.39 is 17.1 Å². The summed E-state index contributed by atoms with van der Waals surface area (Å²) in [4.78, 5) is 31.9. The van der Waals surface area contributed by atoms with Crippen molar-refractivity contribution in [3.8, 4) is 17.6 Å². The molecule has 0 aliphatic heterocycles. The zero-order chi connectivity index (χ0) is 19.0. The first-order chi connectivity index (χ1) is 13.1. The summed E-state index contributed by atoms with van der Waals surface area (Å²) in [5.41, 5.74) is 0.345. The molecule has 7 nitrogen and oxygen atoms in total. The molecule has 0 saturated heterocycles. The first kappa shape index (κ1) is 17.0. The Kier molecular flexibility index (Phi) is 4.22. The van der Waals surface area contributed by atoms with Gasteiger partial charge in [-0.2, -0.15) is 5.26 Å². The fourth-order valence-corrected chi connectivity index (χ4v) is 4.37. The second kappa shape index (κ2) is 6.70. The highest BCUT2D eigenvalue weighted by Crippen LogP contribution is 2.40. The van der Waals surface area contributed by atoms with Gasteiger partial charge in [0.1, 0.15) is 16.6 Å². The van der Waals surface area contributed by atoms with Gasteiger partial charge in [0.05, 0.1) is 11.3 Å². The van der Waals surface area contributed by atoms with Crippen LogP contribution in [0, 0.1) is 11.3 Å². The van der Waals surface area contributed by atoms with E-state index in [-0.39, 0.29) is 5.56 Å². The molecule has 27 heavy (non-hydrogen) atoms. The molecule has 8 heteroatoms.